The molecule has 2 heterocycles. The van der Waals surface area contributed by atoms with E-state index in [1.807, 2.05) is 41.8 Å². The maximum atomic E-state index is 12.9. The first kappa shape index (κ1) is 25.0. The Morgan fingerprint density at radius 2 is 2.00 bits per heavy atom. The van der Waals surface area contributed by atoms with E-state index in [-0.39, 0.29) is 23.8 Å². The molecule has 0 saturated carbocycles. The molecule has 0 aliphatic carbocycles. The molecular formula is C27H35N3O2S. The molecule has 2 amide bonds. The van der Waals surface area contributed by atoms with Crippen molar-refractivity contribution in [1.82, 2.24) is 10.2 Å². The van der Waals surface area contributed by atoms with Gasteiger partial charge in [0.15, 0.2) is 0 Å². The van der Waals surface area contributed by atoms with Crippen LogP contribution in [0.1, 0.15) is 62.8 Å². The van der Waals surface area contributed by atoms with Crippen molar-refractivity contribution in [2.45, 2.75) is 70.3 Å². The number of amides is 2. The Bertz CT molecular complexity index is 936. The van der Waals surface area contributed by atoms with Crippen LogP contribution in [0, 0.1) is 17.2 Å². The van der Waals surface area contributed by atoms with Crippen molar-refractivity contribution in [3.05, 3.63) is 58.3 Å². The summed E-state index contributed by atoms with van der Waals surface area (Å²) >= 11 is 1.69. The first-order chi connectivity index (χ1) is 16.0. The number of benzene rings is 1. The summed E-state index contributed by atoms with van der Waals surface area (Å²) in [4.78, 5) is 28.6. The van der Waals surface area contributed by atoms with Gasteiger partial charge in [0.1, 0.15) is 6.04 Å². The van der Waals surface area contributed by atoms with Gasteiger partial charge in [-0.1, -0.05) is 56.7 Å². The molecule has 5 nitrogen and oxygen atoms in total. The van der Waals surface area contributed by atoms with E-state index in [0.717, 1.165) is 44.1 Å². The summed E-state index contributed by atoms with van der Waals surface area (Å²) in [6, 6.07) is 16.3. The maximum Gasteiger partial charge on any atom is 0.242 e. The van der Waals surface area contributed by atoms with E-state index in [9.17, 15) is 14.9 Å². The highest BCUT2D eigenvalue weighted by Gasteiger charge is 2.36. The summed E-state index contributed by atoms with van der Waals surface area (Å²) in [6.45, 7) is 5.43. The van der Waals surface area contributed by atoms with Gasteiger partial charge in [-0.3, -0.25) is 9.59 Å². The zero-order valence-electron chi connectivity index (χ0n) is 19.8. The van der Waals surface area contributed by atoms with Crippen molar-refractivity contribution in [2.24, 2.45) is 5.92 Å². The van der Waals surface area contributed by atoms with E-state index in [4.69, 9.17) is 0 Å². The molecule has 2 atom stereocenters. The van der Waals surface area contributed by atoms with Crippen molar-refractivity contribution >= 4 is 23.2 Å². The number of hydrogen-bond acceptors (Lipinski definition) is 4. The van der Waals surface area contributed by atoms with Crippen LogP contribution in [-0.4, -0.2) is 35.8 Å². The predicted molar refractivity (Wildman–Crippen MR) is 133 cm³/mol. The third-order valence-corrected chi connectivity index (χ3v) is 7.75. The number of rotatable bonds is 11. The molecule has 3 rings (SSSR count). The lowest BCUT2D eigenvalue weighted by atomic mass is 9.69. The van der Waals surface area contributed by atoms with Crippen LogP contribution >= 0.6 is 11.3 Å². The van der Waals surface area contributed by atoms with Crippen LogP contribution in [0.15, 0.2) is 47.8 Å². The fraction of sp³-hybridized carbons (Fsp3) is 0.519. The molecule has 176 valence electrons. The van der Waals surface area contributed by atoms with Crippen molar-refractivity contribution in [1.29, 1.82) is 5.26 Å². The minimum atomic E-state index is -0.539. The van der Waals surface area contributed by atoms with Crippen molar-refractivity contribution < 1.29 is 9.59 Å². The van der Waals surface area contributed by atoms with Gasteiger partial charge >= 0.3 is 0 Å². The Morgan fingerprint density at radius 3 is 2.67 bits per heavy atom. The van der Waals surface area contributed by atoms with E-state index in [0.29, 0.717) is 19.5 Å². The van der Waals surface area contributed by atoms with E-state index >= 15 is 0 Å². The van der Waals surface area contributed by atoms with E-state index < -0.39 is 5.41 Å². The van der Waals surface area contributed by atoms with Gasteiger partial charge in [-0.2, -0.15) is 5.26 Å². The highest BCUT2D eigenvalue weighted by atomic mass is 32.1. The zero-order valence-corrected chi connectivity index (χ0v) is 20.6. The molecular weight excluding hydrogens is 430 g/mol. The van der Waals surface area contributed by atoms with Crippen LogP contribution in [0.3, 0.4) is 0 Å². The molecule has 33 heavy (non-hydrogen) atoms. The Labute approximate surface area is 201 Å². The monoisotopic (exact) mass is 465 g/mol. The maximum absolute atomic E-state index is 12.9. The van der Waals surface area contributed by atoms with E-state index in [1.54, 1.807) is 16.2 Å². The summed E-state index contributed by atoms with van der Waals surface area (Å²) in [5, 5.41) is 15.1. The SMILES string of the molecule is CC(C)C(C#N)(CCCCC(=O)N1CCC[C@@H]1C(=O)NCCc1cccs1)c1ccccc1. The molecule has 6 heteroatoms. The second-order valence-corrected chi connectivity index (χ2v) is 10.2. The predicted octanol–water partition coefficient (Wildman–Crippen LogP) is 5.08. The number of carbonyl (C=O) groups is 2. The Kier molecular flexibility index (Phi) is 9.08. The minimum absolute atomic E-state index is 0.0372. The molecule has 0 bridgehead atoms. The average molecular weight is 466 g/mol. The number of nitriles is 1. The van der Waals surface area contributed by atoms with Crippen molar-refractivity contribution in [3.8, 4) is 6.07 Å². The first-order valence-corrected chi connectivity index (χ1v) is 12.9. The number of carbonyl (C=O) groups excluding carboxylic acids is 2. The second-order valence-electron chi connectivity index (χ2n) is 9.18. The van der Waals surface area contributed by atoms with Crippen LogP contribution in [0.25, 0.3) is 0 Å². The van der Waals surface area contributed by atoms with Crippen LogP contribution in [-0.2, 0) is 21.4 Å². The van der Waals surface area contributed by atoms with Crippen LogP contribution in [0.5, 0.6) is 0 Å². The lowest BCUT2D eigenvalue weighted by Crippen LogP contribution is -2.46. The number of nitrogens with one attached hydrogen (secondary N) is 1. The summed E-state index contributed by atoms with van der Waals surface area (Å²) in [5.41, 5.74) is 0.510. The topological polar surface area (TPSA) is 73.2 Å². The molecule has 1 fully saturated rings. The minimum Gasteiger partial charge on any atom is -0.354 e. The second kappa shape index (κ2) is 12.0. The van der Waals surface area contributed by atoms with Gasteiger partial charge in [0.2, 0.25) is 11.8 Å². The molecule has 1 aliphatic rings. The highest BCUT2D eigenvalue weighted by Crippen LogP contribution is 2.37. The molecule has 1 saturated heterocycles. The average Bonchev–Trinajstić information content (AvgIpc) is 3.52. The standard InChI is InChI=1S/C27H35N3O2S/c1-21(2)27(20-28,22-10-4-3-5-11-22)16-7-6-14-25(31)30-18-8-13-24(30)26(32)29-17-15-23-12-9-19-33-23/h3-5,9-12,19,21,24H,6-8,13-18H2,1-2H3,(H,29,32)/t24-,27?/m1/s1. The fourth-order valence-electron chi connectivity index (χ4n) is 4.79. The molecule has 1 aliphatic heterocycles. The van der Waals surface area contributed by atoms with Gasteiger partial charge in [-0.25, -0.2) is 0 Å². The quantitative estimate of drug-likeness (QED) is 0.471. The van der Waals surface area contributed by atoms with Crippen LogP contribution < -0.4 is 5.32 Å². The molecule has 1 N–H and O–H groups in total. The van der Waals surface area contributed by atoms with Gasteiger partial charge in [-0.15, -0.1) is 11.3 Å². The summed E-state index contributed by atoms with van der Waals surface area (Å²) in [6.07, 6.45) is 5.10. The fourth-order valence-corrected chi connectivity index (χ4v) is 5.50. The van der Waals surface area contributed by atoms with Gasteiger partial charge < -0.3 is 10.2 Å². The van der Waals surface area contributed by atoms with E-state index in [1.165, 1.54) is 4.88 Å². The number of nitrogens with zero attached hydrogens (tertiary/aromatic N) is 2. The van der Waals surface area contributed by atoms with Gasteiger partial charge in [-0.05, 0) is 55.0 Å². The zero-order chi connectivity index (χ0) is 23.7. The number of thiophene rings is 1. The van der Waals surface area contributed by atoms with Crippen molar-refractivity contribution in [3.63, 3.8) is 0 Å². The summed E-state index contributed by atoms with van der Waals surface area (Å²) < 4.78 is 0. The molecule has 1 aromatic heterocycles. The van der Waals surface area contributed by atoms with Crippen LogP contribution in [0.2, 0.25) is 0 Å². The molecule has 1 unspecified atom stereocenters. The normalized spacial score (nSPS) is 17.5. The van der Waals surface area contributed by atoms with Crippen LogP contribution in [0.4, 0.5) is 0 Å². The molecule has 0 spiro atoms. The number of hydrogen-bond donors (Lipinski definition) is 1. The third kappa shape index (κ3) is 6.23. The van der Waals surface area contributed by atoms with Gasteiger partial charge in [0.05, 0.1) is 11.5 Å². The molecule has 2 aromatic rings. The Morgan fingerprint density at radius 1 is 1.21 bits per heavy atom. The number of likely N-dealkylation sites (tertiary alicyclic amines) is 1. The number of unbranched alkanes of at least 4 members (excludes halogenated alkanes) is 1. The largest absolute Gasteiger partial charge is 0.354 e. The van der Waals surface area contributed by atoms with E-state index in [2.05, 4.69) is 31.3 Å². The lowest BCUT2D eigenvalue weighted by Gasteiger charge is -2.31. The third-order valence-electron chi connectivity index (χ3n) is 6.81. The smallest absolute Gasteiger partial charge is 0.242 e. The highest BCUT2D eigenvalue weighted by molar-refractivity contribution is 7.09. The molecule has 1 aromatic carbocycles. The first-order valence-electron chi connectivity index (χ1n) is 12.0. The van der Waals surface area contributed by atoms with Crippen molar-refractivity contribution in [2.75, 3.05) is 13.1 Å². The van der Waals surface area contributed by atoms with Gasteiger partial charge in [0.25, 0.3) is 0 Å². The van der Waals surface area contributed by atoms with Gasteiger partial charge in [0, 0.05) is 24.4 Å². The summed E-state index contributed by atoms with van der Waals surface area (Å²) in [7, 11) is 0. The lowest BCUT2D eigenvalue weighted by molar-refractivity contribution is -0.138. The Balaban J connectivity index is 1.48. The Hall–Kier alpha value is -2.65. The molecule has 0 radical (unpaired) electrons. The summed E-state index contributed by atoms with van der Waals surface area (Å²) in [5.74, 6) is 0.198.